The van der Waals surface area contributed by atoms with Gasteiger partial charge in [-0.15, -0.1) is 0 Å². The molecule has 2 atom stereocenters. The first-order valence-corrected chi connectivity index (χ1v) is 9.30. The van der Waals surface area contributed by atoms with Crippen LogP contribution in [0.2, 0.25) is 0 Å². The molecule has 0 amide bonds. The van der Waals surface area contributed by atoms with Gasteiger partial charge in [0, 0.05) is 12.5 Å². The van der Waals surface area contributed by atoms with Crippen LogP contribution in [-0.2, 0) is 16.9 Å². The minimum absolute atomic E-state index is 0.0167. The summed E-state index contributed by atoms with van der Waals surface area (Å²) in [5.41, 5.74) is 2.05. The highest BCUT2D eigenvalue weighted by Crippen LogP contribution is 2.42. The van der Waals surface area contributed by atoms with Crippen LogP contribution in [0.25, 0.3) is 0 Å². The van der Waals surface area contributed by atoms with Gasteiger partial charge >= 0.3 is 0 Å². The van der Waals surface area contributed by atoms with Crippen molar-refractivity contribution in [1.82, 2.24) is 0 Å². The Morgan fingerprint density at radius 1 is 0.741 bits per heavy atom. The van der Waals surface area contributed by atoms with Gasteiger partial charge in [-0.25, -0.2) is 0 Å². The first-order chi connectivity index (χ1) is 13.3. The molecule has 0 aliphatic heterocycles. The molecule has 140 valence electrons. The Bertz CT molecular complexity index is 790. The largest absolute Gasteiger partial charge is 0.396 e. The van der Waals surface area contributed by atoms with E-state index in [2.05, 4.69) is 0 Å². The summed E-state index contributed by atoms with van der Waals surface area (Å²) in [6.07, 6.45) is 0.494. The number of aliphatic hydroxyl groups excluding tert-OH is 2. The van der Waals surface area contributed by atoms with Crippen LogP contribution in [0.3, 0.4) is 0 Å². The molecule has 2 N–H and O–H groups in total. The third-order valence-electron chi connectivity index (χ3n) is 5.02. The third kappa shape index (κ3) is 4.45. The van der Waals surface area contributed by atoms with Gasteiger partial charge in [-0.1, -0.05) is 91.0 Å². The predicted molar refractivity (Wildman–Crippen MR) is 107 cm³/mol. The standard InChI is InChI=1S/C24H26O3/c25-17-16-23(21-12-6-2-7-13-21)24(19-26,22-14-8-3-9-15-22)27-18-20-10-4-1-5-11-20/h1-15,23,25-26H,16-19H2/t23-,24-/m0/s1. The average Bonchev–Trinajstić information content (AvgIpc) is 2.76. The molecule has 0 aliphatic carbocycles. The molecular weight excluding hydrogens is 336 g/mol. The summed E-state index contributed by atoms with van der Waals surface area (Å²) in [6.45, 7) is 0.220. The Morgan fingerprint density at radius 2 is 1.30 bits per heavy atom. The quantitative estimate of drug-likeness (QED) is 0.598. The van der Waals surface area contributed by atoms with Crippen LogP contribution in [0.15, 0.2) is 91.0 Å². The molecule has 0 saturated heterocycles. The lowest BCUT2D eigenvalue weighted by Gasteiger charge is -2.40. The highest BCUT2D eigenvalue weighted by molar-refractivity contribution is 5.32. The SMILES string of the molecule is OCC[C@@H](c1ccccc1)[C@@](CO)(OCc1ccccc1)c1ccccc1. The van der Waals surface area contributed by atoms with Gasteiger partial charge in [0.05, 0.1) is 13.2 Å². The van der Waals surface area contributed by atoms with Crippen molar-refractivity contribution in [2.24, 2.45) is 0 Å². The van der Waals surface area contributed by atoms with E-state index in [0.29, 0.717) is 13.0 Å². The van der Waals surface area contributed by atoms with Crippen LogP contribution in [0, 0.1) is 0 Å². The number of hydrogen-bond acceptors (Lipinski definition) is 3. The first kappa shape index (κ1) is 19.3. The first-order valence-electron chi connectivity index (χ1n) is 9.30. The maximum Gasteiger partial charge on any atom is 0.123 e. The molecule has 0 heterocycles. The van der Waals surface area contributed by atoms with E-state index < -0.39 is 5.60 Å². The second kappa shape index (κ2) is 9.47. The van der Waals surface area contributed by atoms with Gasteiger partial charge in [0.1, 0.15) is 5.60 Å². The average molecular weight is 362 g/mol. The maximum atomic E-state index is 10.6. The summed E-state index contributed by atoms with van der Waals surface area (Å²) in [5, 5.41) is 20.3. The maximum absolute atomic E-state index is 10.6. The van der Waals surface area contributed by atoms with Gasteiger partial charge in [-0.3, -0.25) is 0 Å². The molecule has 27 heavy (non-hydrogen) atoms. The molecule has 3 aromatic rings. The Morgan fingerprint density at radius 3 is 1.85 bits per heavy atom. The zero-order valence-electron chi connectivity index (χ0n) is 15.4. The van der Waals surface area contributed by atoms with E-state index in [1.807, 2.05) is 91.0 Å². The van der Waals surface area contributed by atoms with Crippen LogP contribution >= 0.6 is 0 Å². The van der Waals surface area contributed by atoms with Crippen molar-refractivity contribution < 1.29 is 14.9 Å². The lowest BCUT2D eigenvalue weighted by Crippen LogP contribution is -2.41. The van der Waals surface area contributed by atoms with Crippen LogP contribution in [0.1, 0.15) is 29.0 Å². The zero-order valence-corrected chi connectivity index (χ0v) is 15.4. The van der Waals surface area contributed by atoms with Crippen LogP contribution in [0.4, 0.5) is 0 Å². The van der Waals surface area contributed by atoms with Crippen molar-refractivity contribution in [1.29, 1.82) is 0 Å². The van der Waals surface area contributed by atoms with Crippen molar-refractivity contribution in [2.75, 3.05) is 13.2 Å². The molecular formula is C24H26O3. The molecule has 3 heteroatoms. The Labute approximate surface area is 160 Å². The summed E-state index contributed by atoms with van der Waals surface area (Å²) in [6, 6.07) is 29.7. The van der Waals surface area contributed by atoms with Gasteiger partial charge in [0.2, 0.25) is 0 Å². The van der Waals surface area contributed by atoms with E-state index in [1.165, 1.54) is 0 Å². The molecule has 0 aliphatic rings. The lowest BCUT2D eigenvalue weighted by molar-refractivity contribution is -0.116. The van der Waals surface area contributed by atoms with Crippen molar-refractivity contribution in [2.45, 2.75) is 24.5 Å². The molecule has 0 unspecified atom stereocenters. The van der Waals surface area contributed by atoms with E-state index in [-0.39, 0.29) is 19.1 Å². The number of rotatable bonds is 9. The third-order valence-corrected chi connectivity index (χ3v) is 5.02. The highest BCUT2D eigenvalue weighted by Gasteiger charge is 2.41. The van der Waals surface area contributed by atoms with E-state index in [1.54, 1.807) is 0 Å². The van der Waals surface area contributed by atoms with E-state index in [9.17, 15) is 10.2 Å². The Hall–Kier alpha value is -2.46. The van der Waals surface area contributed by atoms with Gasteiger partial charge < -0.3 is 14.9 Å². The number of ether oxygens (including phenoxy) is 1. The summed E-state index contributed by atoms with van der Waals surface area (Å²) in [4.78, 5) is 0. The molecule has 0 spiro atoms. The normalized spacial score (nSPS) is 14.4. The topological polar surface area (TPSA) is 49.7 Å². The van der Waals surface area contributed by atoms with E-state index >= 15 is 0 Å². The van der Waals surface area contributed by atoms with Crippen molar-refractivity contribution >= 4 is 0 Å². The number of benzene rings is 3. The molecule has 3 aromatic carbocycles. The predicted octanol–water partition coefficient (Wildman–Crippen LogP) is 4.26. The second-order valence-electron chi connectivity index (χ2n) is 6.66. The van der Waals surface area contributed by atoms with Crippen LogP contribution in [0.5, 0.6) is 0 Å². The molecule has 0 saturated carbocycles. The zero-order chi connectivity index (χ0) is 19.0. The fraction of sp³-hybridized carbons (Fsp3) is 0.250. The van der Waals surface area contributed by atoms with Crippen LogP contribution in [-0.4, -0.2) is 23.4 Å². The molecule has 0 bridgehead atoms. The fourth-order valence-electron chi connectivity index (χ4n) is 3.62. The van der Waals surface area contributed by atoms with Gasteiger partial charge in [-0.2, -0.15) is 0 Å². The molecule has 0 fully saturated rings. The molecule has 3 rings (SSSR count). The van der Waals surface area contributed by atoms with Crippen molar-refractivity contribution in [3.8, 4) is 0 Å². The van der Waals surface area contributed by atoms with Gasteiger partial charge in [-0.05, 0) is 23.1 Å². The summed E-state index contributed by atoms with van der Waals surface area (Å²) in [7, 11) is 0. The number of aliphatic hydroxyl groups is 2. The monoisotopic (exact) mass is 362 g/mol. The van der Waals surface area contributed by atoms with Crippen LogP contribution < -0.4 is 0 Å². The smallest absolute Gasteiger partial charge is 0.123 e. The highest BCUT2D eigenvalue weighted by atomic mass is 16.5. The fourth-order valence-corrected chi connectivity index (χ4v) is 3.62. The molecule has 0 radical (unpaired) electrons. The van der Waals surface area contributed by atoms with E-state index in [0.717, 1.165) is 16.7 Å². The van der Waals surface area contributed by atoms with Gasteiger partial charge in [0.15, 0.2) is 0 Å². The summed E-state index contributed by atoms with van der Waals surface area (Å²) in [5.74, 6) is -0.181. The second-order valence-corrected chi connectivity index (χ2v) is 6.66. The van der Waals surface area contributed by atoms with Gasteiger partial charge in [0.25, 0.3) is 0 Å². The number of hydrogen-bond donors (Lipinski definition) is 2. The summed E-state index contributed by atoms with van der Waals surface area (Å²) < 4.78 is 6.46. The molecule has 3 nitrogen and oxygen atoms in total. The Balaban J connectivity index is 2.04. The minimum atomic E-state index is -0.943. The molecule has 0 aromatic heterocycles. The minimum Gasteiger partial charge on any atom is -0.396 e. The summed E-state index contributed by atoms with van der Waals surface area (Å²) >= 11 is 0. The lowest BCUT2D eigenvalue weighted by atomic mass is 9.75. The van der Waals surface area contributed by atoms with Crippen molar-refractivity contribution in [3.63, 3.8) is 0 Å². The van der Waals surface area contributed by atoms with Crippen molar-refractivity contribution in [3.05, 3.63) is 108 Å². The van der Waals surface area contributed by atoms with E-state index in [4.69, 9.17) is 4.74 Å². The Kier molecular flexibility index (Phi) is 6.77.